The van der Waals surface area contributed by atoms with E-state index in [1.807, 2.05) is 20.2 Å². The van der Waals surface area contributed by atoms with Crippen molar-refractivity contribution in [1.82, 2.24) is 24.6 Å². The Hall–Kier alpha value is -1.76. The van der Waals surface area contributed by atoms with Gasteiger partial charge in [0.2, 0.25) is 0 Å². The van der Waals surface area contributed by atoms with Gasteiger partial charge >= 0.3 is 6.55 Å². The molecule has 5 nitrogen and oxygen atoms in total. The second kappa shape index (κ2) is 5.26. The lowest BCUT2D eigenvalue weighted by Gasteiger charge is -2.07. The zero-order valence-electron chi connectivity index (χ0n) is 10.3. The molecule has 0 fully saturated rings. The SMILES string of the molecule is Cc1nn(C)cc1CNCc1nccn1C(F)F. The molecule has 2 heterocycles. The molecule has 0 atom stereocenters. The number of imidazole rings is 1. The fraction of sp³-hybridized carbons (Fsp3) is 0.455. The van der Waals surface area contributed by atoms with E-state index in [9.17, 15) is 8.78 Å². The first kappa shape index (κ1) is 12.7. The monoisotopic (exact) mass is 255 g/mol. The van der Waals surface area contributed by atoms with Crippen LogP contribution in [0.2, 0.25) is 0 Å². The van der Waals surface area contributed by atoms with E-state index in [-0.39, 0.29) is 0 Å². The number of aryl methyl sites for hydroxylation is 2. The second-order valence-electron chi connectivity index (χ2n) is 4.05. The number of halogens is 2. The van der Waals surface area contributed by atoms with Crippen LogP contribution < -0.4 is 5.32 Å². The van der Waals surface area contributed by atoms with Crippen LogP contribution in [0.15, 0.2) is 18.6 Å². The maximum Gasteiger partial charge on any atom is 0.319 e. The molecule has 2 rings (SSSR count). The summed E-state index contributed by atoms with van der Waals surface area (Å²) in [7, 11) is 1.85. The number of aromatic nitrogens is 4. The smallest absolute Gasteiger partial charge is 0.306 e. The number of hydrogen-bond donors (Lipinski definition) is 1. The van der Waals surface area contributed by atoms with Gasteiger partial charge in [0.1, 0.15) is 5.82 Å². The van der Waals surface area contributed by atoms with Crippen LogP contribution in [-0.2, 0) is 20.1 Å². The molecule has 2 aromatic rings. The molecule has 0 amide bonds. The fourth-order valence-electron chi connectivity index (χ4n) is 1.79. The Kier molecular flexibility index (Phi) is 3.71. The Morgan fingerprint density at radius 3 is 2.78 bits per heavy atom. The Labute approximate surface area is 103 Å². The van der Waals surface area contributed by atoms with Crippen molar-refractivity contribution in [2.75, 3.05) is 0 Å². The van der Waals surface area contributed by atoms with Crippen LogP contribution >= 0.6 is 0 Å². The van der Waals surface area contributed by atoms with E-state index in [4.69, 9.17) is 0 Å². The van der Waals surface area contributed by atoms with Crippen LogP contribution in [0.25, 0.3) is 0 Å². The summed E-state index contributed by atoms with van der Waals surface area (Å²) in [6.07, 6.45) is 4.55. The first-order valence-electron chi connectivity index (χ1n) is 5.57. The molecular formula is C11H15F2N5. The van der Waals surface area contributed by atoms with Crippen LogP contribution in [0.3, 0.4) is 0 Å². The van der Waals surface area contributed by atoms with E-state index in [0.717, 1.165) is 15.8 Å². The molecule has 2 aromatic heterocycles. The number of hydrogen-bond acceptors (Lipinski definition) is 3. The van der Waals surface area contributed by atoms with Crippen molar-refractivity contribution in [3.8, 4) is 0 Å². The van der Waals surface area contributed by atoms with Crippen molar-refractivity contribution in [3.05, 3.63) is 35.7 Å². The molecule has 18 heavy (non-hydrogen) atoms. The molecule has 0 spiro atoms. The van der Waals surface area contributed by atoms with Crippen molar-refractivity contribution < 1.29 is 8.78 Å². The Morgan fingerprint density at radius 1 is 1.39 bits per heavy atom. The zero-order valence-corrected chi connectivity index (χ0v) is 10.3. The summed E-state index contributed by atoms with van der Waals surface area (Å²) in [6, 6.07) is 0. The van der Waals surface area contributed by atoms with E-state index < -0.39 is 6.55 Å². The third-order valence-corrected chi connectivity index (χ3v) is 2.67. The lowest BCUT2D eigenvalue weighted by atomic mass is 10.2. The van der Waals surface area contributed by atoms with Crippen LogP contribution in [0, 0.1) is 6.92 Å². The van der Waals surface area contributed by atoms with Gasteiger partial charge in [0.25, 0.3) is 0 Å². The number of alkyl halides is 2. The molecule has 0 saturated heterocycles. The van der Waals surface area contributed by atoms with E-state index in [2.05, 4.69) is 15.4 Å². The van der Waals surface area contributed by atoms with Crippen molar-refractivity contribution >= 4 is 0 Å². The summed E-state index contributed by atoms with van der Waals surface area (Å²) >= 11 is 0. The van der Waals surface area contributed by atoms with Gasteiger partial charge in [-0.05, 0) is 6.92 Å². The van der Waals surface area contributed by atoms with E-state index >= 15 is 0 Å². The molecule has 0 saturated carbocycles. The minimum Gasteiger partial charge on any atom is -0.306 e. The molecule has 0 radical (unpaired) electrons. The summed E-state index contributed by atoms with van der Waals surface area (Å²) in [4.78, 5) is 3.90. The van der Waals surface area contributed by atoms with Crippen molar-refractivity contribution in [1.29, 1.82) is 0 Å². The normalized spacial score (nSPS) is 11.4. The molecule has 0 aliphatic heterocycles. The van der Waals surface area contributed by atoms with Gasteiger partial charge in [-0.25, -0.2) is 4.98 Å². The largest absolute Gasteiger partial charge is 0.319 e. The summed E-state index contributed by atoms with van der Waals surface area (Å²) < 4.78 is 27.7. The lowest BCUT2D eigenvalue weighted by Crippen LogP contribution is -2.17. The van der Waals surface area contributed by atoms with Gasteiger partial charge in [0.05, 0.1) is 12.2 Å². The predicted octanol–water partition coefficient (Wildman–Crippen LogP) is 1.61. The zero-order chi connectivity index (χ0) is 13.1. The highest BCUT2D eigenvalue weighted by atomic mass is 19.3. The molecule has 0 bridgehead atoms. The Bertz CT molecular complexity index is 517. The molecule has 98 valence electrons. The Morgan fingerprint density at radius 2 is 2.17 bits per heavy atom. The number of nitrogens with zero attached hydrogens (tertiary/aromatic N) is 4. The quantitative estimate of drug-likeness (QED) is 0.883. The number of nitrogens with one attached hydrogen (secondary N) is 1. The van der Waals surface area contributed by atoms with Crippen LogP contribution in [0.1, 0.15) is 23.6 Å². The lowest BCUT2D eigenvalue weighted by molar-refractivity contribution is 0.0666. The van der Waals surface area contributed by atoms with Gasteiger partial charge in [0.15, 0.2) is 0 Å². The minimum atomic E-state index is -2.55. The maximum atomic E-state index is 12.6. The van der Waals surface area contributed by atoms with Gasteiger partial charge < -0.3 is 5.32 Å². The molecular weight excluding hydrogens is 240 g/mol. The standard InChI is InChI=1S/C11H15F2N5/c1-8-9(7-17(2)16-8)5-14-6-10-15-3-4-18(10)11(12)13/h3-4,7,11,14H,5-6H2,1-2H3. The second-order valence-corrected chi connectivity index (χ2v) is 4.05. The highest BCUT2D eigenvalue weighted by Crippen LogP contribution is 2.12. The van der Waals surface area contributed by atoms with E-state index in [0.29, 0.717) is 18.9 Å². The predicted molar refractivity (Wildman–Crippen MR) is 62.0 cm³/mol. The van der Waals surface area contributed by atoms with E-state index in [1.165, 1.54) is 12.4 Å². The third kappa shape index (κ3) is 2.73. The van der Waals surface area contributed by atoms with Crippen molar-refractivity contribution in [2.24, 2.45) is 7.05 Å². The van der Waals surface area contributed by atoms with Crippen molar-refractivity contribution in [2.45, 2.75) is 26.6 Å². The fourth-order valence-corrected chi connectivity index (χ4v) is 1.79. The van der Waals surface area contributed by atoms with Crippen LogP contribution in [0.5, 0.6) is 0 Å². The first-order chi connectivity index (χ1) is 8.58. The van der Waals surface area contributed by atoms with E-state index in [1.54, 1.807) is 4.68 Å². The number of rotatable bonds is 5. The summed E-state index contributed by atoms with van der Waals surface area (Å²) in [5, 5.41) is 7.29. The van der Waals surface area contributed by atoms with Gasteiger partial charge in [-0.1, -0.05) is 0 Å². The van der Waals surface area contributed by atoms with Gasteiger partial charge in [-0.2, -0.15) is 13.9 Å². The summed E-state index contributed by atoms with van der Waals surface area (Å²) in [5.41, 5.74) is 1.98. The van der Waals surface area contributed by atoms with Gasteiger partial charge in [-0.3, -0.25) is 9.25 Å². The van der Waals surface area contributed by atoms with Crippen LogP contribution in [0.4, 0.5) is 8.78 Å². The van der Waals surface area contributed by atoms with Crippen LogP contribution in [-0.4, -0.2) is 19.3 Å². The maximum absolute atomic E-state index is 12.6. The summed E-state index contributed by atoms with van der Waals surface area (Å²) in [6.45, 7) is 0.239. The minimum absolute atomic E-state index is 0.297. The first-order valence-corrected chi connectivity index (χ1v) is 5.57. The molecule has 7 heteroatoms. The molecule has 1 N–H and O–H groups in total. The Balaban J connectivity index is 1.92. The summed E-state index contributed by atoms with van der Waals surface area (Å²) in [5.74, 6) is 0.326. The average Bonchev–Trinajstić information content (AvgIpc) is 2.86. The third-order valence-electron chi connectivity index (χ3n) is 2.67. The van der Waals surface area contributed by atoms with Gasteiger partial charge in [0, 0.05) is 37.7 Å². The molecule has 0 aromatic carbocycles. The van der Waals surface area contributed by atoms with Gasteiger partial charge in [-0.15, -0.1) is 0 Å². The van der Waals surface area contributed by atoms with Crippen molar-refractivity contribution in [3.63, 3.8) is 0 Å². The molecule has 0 aliphatic rings. The molecule has 0 unspecified atom stereocenters. The highest BCUT2D eigenvalue weighted by Gasteiger charge is 2.11. The highest BCUT2D eigenvalue weighted by molar-refractivity contribution is 5.14. The topological polar surface area (TPSA) is 47.7 Å². The molecule has 0 aliphatic carbocycles. The average molecular weight is 255 g/mol.